The van der Waals surface area contributed by atoms with Gasteiger partial charge in [-0.25, -0.2) is 15.8 Å². The normalized spacial score (nSPS) is 10.2. The first-order chi connectivity index (χ1) is 8.76. The first-order valence-corrected chi connectivity index (χ1v) is 5.66. The molecule has 0 aliphatic rings. The molecule has 2 aromatic rings. The zero-order valence-corrected chi connectivity index (χ0v) is 10.3. The Morgan fingerprint density at radius 1 is 1.33 bits per heavy atom. The van der Waals surface area contributed by atoms with Crippen molar-refractivity contribution in [3.05, 3.63) is 35.9 Å². The lowest BCUT2D eigenvalue weighted by molar-refractivity contribution is 0.449. The lowest BCUT2D eigenvalue weighted by Gasteiger charge is -2.12. The Kier molecular flexibility index (Phi) is 3.69. The van der Waals surface area contributed by atoms with Crippen molar-refractivity contribution in [2.24, 2.45) is 5.84 Å². The number of anilines is 1. The van der Waals surface area contributed by atoms with Gasteiger partial charge in [0.15, 0.2) is 5.75 Å². The third kappa shape index (κ3) is 2.38. The lowest BCUT2D eigenvalue weighted by Crippen LogP contribution is -2.12. The number of nitrogens with one attached hydrogen (secondary N) is 1. The van der Waals surface area contributed by atoms with Crippen LogP contribution in [0.1, 0.15) is 18.2 Å². The highest BCUT2D eigenvalue weighted by atomic mass is 16.5. The third-order valence-corrected chi connectivity index (χ3v) is 2.56. The molecule has 0 aliphatic heterocycles. The number of rotatable bonds is 4. The SMILES string of the molecule is CCc1c(NN)ncnc1Oc1cccnc1C. The van der Waals surface area contributed by atoms with Gasteiger partial charge in [-0.2, -0.15) is 0 Å². The van der Waals surface area contributed by atoms with Gasteiger partial charge in [0, 0.05) is 6.20 Å². The van der Waals surface area contributed by atoms with E-state index in [1.165, 1.54) is 6.33 Å². The number of hydrogen-bond acceptors (Lipinski definition) is 6. The topological polar surface area (TPSA) is 86.0 Å². The molecule has 2 rings (SSSR count). The Morgan fingerprint density at radius 3 is 2.83 bits per heavy atom. The highest BCUT2D eigenvalue weighted by molar-refractivity contribution is 5.49. The second-order valence-corrected chi connectivity index (χ2v) is 3.69. The average molecular weight is 245 g/mol. The molecule has 0 fully saturated rings. The largest absolute Gasteiger partial charge is 0.437 e. The summed E-state index contributed by atoms with van der Waals surface area (Å²) in [5, 5.41) is 0. The minimum Gasteiger partial charge on any atom is -0.437 e. The average Bonchev–Trinajstić information content (AvgIpc) is 2.41. The monoisotopic (exact) mass is 245 g/mol. The fourth-order valence-electron chi connectivity index (χ4n) is 1.61. The molecule has 0 atom stereocenters. The van der Waals surface area contributed by atoms with Gasteiger partial charge in [-0.3, -0.25) is 4.98 Å². The van der Waals surface area contributed by atoms with E-state index in [1.54, 1.807) is 6.20 Å². The Bertz CT molecular complexity index is 544. The van der Waals surface area contributed by atoms with E-state index in [2.05, 4.69) is 20.4 Å². The summed E-state index contributed by atoms with van der Waals surface area (Å²) in [6.45, 7) is 3.87. The standard InChI is InChI=1S/C12H15N5O/c1-3-9-11(17-13)15-7-16-12(9)18-10-5-4-6-14-8(10)2/h4-7H,3,13H2,1-2H3,(H,15,16,17). The van der Waals surface area contributed by atoms with Crippen molar-refractivity contribution in [1.29, 1.82) is 0 Å². The lowest BCUT2D eigenvalue weighted by atomic mass is 10.2. The molecule has 6 nitrogen and oxygen atoms in total. The fourth-order valence-corrected chi connectivity index (χ4v) is 1.61. The first-order valence-electron chi connectivity index (χ1n) is 5.66. The zero-order valence-electron chi connectivity index (χ0n) is 10.3. The van der Waals surface area contributed by atoms with Crippen molar-refractivity contribution in [3.63, 3.8) is 0 Å². The van der Waals surface area contributed by atoms with Crippen LogP contribution < -0.4 is 16.0 Å². The van der Waals surface area contributed by atoms with E-state index in [0.29, 0.717) is 17.4 Å². The van der Waals surface area contributed by atoms with E-state index >= 15 is 0 Å². The second-order valence-electron chi connectivity index (χ2n) is 3.69. The van der Waals surface area contributed by atoms with E-state index in [-0.39, 0.29) is 0 Å². The summed E-state index contributed by atoms with van der Waals surface area (Å²) in [7, 11) is 0. The van der Waals surface area contributed by atoms with Crippen LogP contribution in [0.15, 0.2) is 24.7 Å². The van der Waals surface area contributed by atoms with Gasteiger partial charge in [-0.1, -0.05) is 6.92 Å². The Balaban J connectivity index is 2.37. The van der Waals surface area contributed by atoms with E-state index in [1.807, 2.05) is 26.0 Å². The van der Waals surface area contributed by atoms with Gasteiger partial charge in [0.25, 0.3) is 0 Å². The molecular weight excluding hydrogens is 230 g/mol. The Morgan fingerprint density at radius 2 is 2.17 bits per heavy atom. The number of ether oxygens (including phenoxy) is 1. The molecule has 0 aromatic carbocycles. The molecule has 0 bridgehead atoms. The number of hydrogen-bond donors (Lipinski definition) is 2. The number of nitrogens with two attached hydrogens (primary N) is 1. The third-order valence-electron chi connectivity index (χ3n) is 2.56. The van der Waals surface area contributed by atoms with Crippen LogP contribution in [0.5, 0.6) is 11.6 Å². The molecule has 0 unspecified atom stereocenters. The van der Waals surface area contributed by atoms with Gasteiger partial charge in [0.1, 0.15) is 12.1 Å². The van der Waals surface area contributed by atoms with Crippen LogP contribution in [-0.4, -0.2) is 15.0 Å². The Labute approximate surface area is 105 Å². The van der Waals surface area contributed by atoms with Gasteiger partial charge in [-0.15, -0.1) is 0 Å². The van der Waals surface area contributed by atoms with Crippen molar-refractivity contribution in [3.8, 4) is 11.6 Å². The molecule has 2 heterocycles. The number of aryl methyl sites for hydroxylation is 1. The van der Waals surface area contributed by atoms with E-state index in [0.717, 1.165) is 17.7 Å². The molecule has 2 aromatic heterocycles. The van der Waals surface area contributed by atoms with E-state index in [4.69, 9.17) is 10.6 Å². The van der Waals surface area contributed by atoms with Crippen LogP contribution in [-0.2, 0) is 6.42 Å². The number of aromatic nitrogens is 3. The molecule has 0 aliphatic carbocycles. The molecule has 3 N–H and O–H groups in total. The summed E-state index contributed by atoms with van der Waals surface area (Å²) in [4.78, 5) is 12.4. The maximum atomic E-state index is 5.76. The maximum absolute atomic E-state index is 5.76. The van der Waals surface area contributed by atoms with Crippen LogP contribution in [0, 0.1) is 6.92 Å². The molecular formula is C12H15N5O. The van der Waals surface area contributed by atoms with Crippen molar-refractivity contribution in [1.82, 2.24) is 15.0 Å². The number of nitrogen functional groups attached to an aromatic ring is 1. The smallest absolute Gasteiger partial charge is 0.227 e. The fraction of sp³-hybridized carbons (Fsp3) is 0.250. The van der Waals surface area contributed by atoms with Crippen molar-refractivity contribution < 1.29 is 4.74 Å². The van der Waals surface area contributed by atoms with Crippen LogP contribution >= 0.6 is 0 Å². The molecule has 0 amide bonds. The summed E-state index contributed by atoms with van der Waals surface area (Å²) in [6.07, 6.45) is 3.85. The zero-order chi connectivity index (χ0) is 13.0. The minimum absolute atomic E-state index is 0.497. The number of hydrazine groups is 1. The summed E-state index contributed by atoms with van der Waals surface area (Å²) in [5.74, 6) is 7.16. The highest BCUT2D eigenvalue weighted by Gasteiger charge is 2.12. The van der Waals surface area contributed by atoms with Crippen molar-refractivity contribution in [2.75, 3.05) is 5.43 Å². The molecule has 6 heteroatoms. The van der Waals surface area contributed by atoms with Crippen LogP contribution in [0.25, 0.3) is 0 Å². The van der Waals surface area contributed by atoms with Gasteiger partial charge in [-0.05, 0) is 25.5 Å². The maximum Gasteiger partial charge on any atom is 0.227 e. The molecule has 0 radical (unpaired) electrons. The first kappa shape index (κ1) is 12.3. The highest BCUT2D eigenvalue weighted by Crippen LogP contribution is 2.27. The number of pyridine rings is 1. The molecule has 18 heavy (non-hydrogen) atoms. The summed E-state index contributed by atoms with van der Waals surface area (Å²) in [5.41, 5.74) is 4.18. The number of nitrogens with zero attached hydrogens (tertiary/aromatic N) is 3. The molecule has 94 valence electrons. The quantitative estimate of drug-likeness (QED) is 0.631. The van der Waals surface area contributed by atoms with E-state index in [9.17, 15) is 0 Å². The molecule has 0 spiro atoms. The summed E-state index contributed by atoms with van der Waals surface area (Å²) >= 11 is 0. The van der Waals surface area contributed by atoms with Crippen LogP contribution in [0.4, 0.5) is 5.82 Å². The van der Waals surface area contributed by atoms with Gasteiger partial charge >= 0.3 is 0 Å². The summed E-state index contributed by atoms with van der Waals surface area (Å²) in [6, 6.07) is 3.66. The summed E-state index contributed by atoms with van der Waals surface area (Å²) < 4.78 is 5.76. The Hall–Kier alpha value is -2.21. The van der Waals surface area contributed by atoms with Crippen LogP contribution in [0.2, 0.25) is 0 Å². The molecule has 0 saturated carbocycles. The van der Waals surface area contributed by atoms with Gasteiger partial charge < -0.3 is 10.2 Å². The molecule has 0 saturated heterocycles. The second kappa shape index (κ2) is 5.42. The van der Waals surface area contributed by atoms with Crippen LogP contribution in [0.3, 0.4) is 0 Å². The van der Waals surface area contributed by atoms with Gasteiger partial charge in [0.2, 0.25) is 5.88 Å². The predicted molar refractivity (Wildman–Crippen MR) is 68.3 cm³/mol. The van der Waals surface area contributed by atoms with Crippen molar-refractivity contribution >= 4 is 5.82 Å². The van der Waals surface area contributed by atoms with Crippen molar-refractivity contribution in [2.45, 2.75) is 20.3 Å². The predicted octanol–water partition coefficient (Wildman–Crippen LogP) is 1.82. The van der Waals surface area contributed by atoms with Gasteiger partial charge in [0.05, 0.1) is 11.3 Å². The van der Waals surface area contributed by atoms with E-state index < -0.39 is 0 Å². The minimum atomic E-state index is 0.497.